The number of nitrogens with zero attached hydrogens (tertiary/aromatic N) is 3. The highest BCUT2D eigenvalue weighted by molar-refractivity contribution is 7.19. The van der Waals surface area contributed by atoms with Crippen LogP contribution in [0.1, 0.15) is 27.2 Å². The van der Waals surface area contributed by atoms with E-state index in [1.54, 1.807) is 22.7 Å². The van der Waals surface area contributed by atoms with Crippen molar-refractivity contribution >= 4 is 32.9 Å². The molecule has 0 unspecified atom stereocenters. The zero-order chi connectivity index (χ0) is 13.7. The fraction of sp³-hybridized carbons (Fsp3) is 0.538. The van der Waals surface area contributed by atoms with Crippen LogP contribution in [0, 0.1) is 0 Å². The van der Waals surface area contributed by atoms with E-state index in [1.165, 1.54) is 0 Å². The third kappa shape index (κ3) is 3.45. The standard InChI is InChI=1S/C13H20N4S2/c1-4-7-14-12-16-10(9-18-12)11-8-15-13(19-11)17(5-2)6-3/h8-9H,4-7H2,1-3H3,(H,14,16). The molecule has 0 aliphatic heterocycles. The van der Waals surface area contributed by atoms with E-state index in [9.17, 15) is 0 Å². The first kappa shape index (κ1) is 14.3. The lowest BCUT2D eigenvalue weighted by Crippen LogP contribution is -2.21. The maximum absolute atomic E-state index is 4.60. The summed E-state index contributed by atoms with van der Waals surface area (Å²) in [7, 11) is 0. The monoisotopic (exact) mass is 296 g/mol. The largest absolute Gasteiger partial charge is 0.362 e. The fourth-order valence-electron chi connectivity index (χ4n) is 1.72. The Hall–Kier alpha value is -1.14. The molecule has 0 amide bonds. The average Bonchev–Trinajstić information content (AvgIpc) is 3.06. The van der Waals surface area contributed by atoms with Crippen LogP contribution in [-0.4, -0.2) is 29.6 Å². The van der Waals surface area contributed by atoms with Crippen LogP contribution >= 0.6 is 22.7 Å². The Morgan fingerprint density at radius 1 is 1.26 bits per heavy atom. The quantitative estimate of drug-likeness (QED) is 0.840. The molecule has 0 radical (unpaired) electrons. The van der Waals surface area contributed by atoms with Crippen molar-refractivity contribution in [2.75, 3.05) is 29.9 Å². The van der Waals surface area contributed by atoms with E-state index in [0.29, 0.717) is 0 Å². The molecule has 2 rings (SSSR count). The number of aromatic nitrogens is 2. The minimum Gasteiger partial charge on any atom is -0.362 e. The average molecular weight is 296 g/mol. The molecule has 2 heterocycles. The molecule has 19 heavy (non-hydrogen) atoms. The lowest BCUT2D eigenvalue weighted by atomic mass is 10.4. The minimum atomic E-state index is 0.973. The van der Waals surface area contributed by atoms with Gasteiger partial charge in [0, 0.05) is 31.2 Å². The fourth-order valence-corrected chi connectivity index (χ4v) is 3.54. The number of hydrogen-bond donors (Lipinski definition) is 1. The first-order chi connectivity index (χ1) is 9.28. The summed E-state index contributed by atoms with van der Waals surface area (Å²) in [6, 6.07) is 0. The molecule has 0 saturated carbocycles. The van der Waals surface area contributed by atoms with Crippen molar-refractivity contribution in [2.24, 2.45) is 0 Å². The summed E-state index contributed by atoms with van der Waals surface area (Å²) in [5.41, 5.74) is 1.03. The number of nitrogens with one attached hydrogen (secondary N) is 1. The van der Waals surface area contributed by atoms with Crippen molar-refractivity contribution < 1.29 is 0 Å². The van der Waals surface area contributed by atoms with Gasteiger partial charge in [-0.25, -0.2) is 9.97 Å². The van der Waals surface area contributed by atoms with E-state index in [0.717, 1.165) is 46.9 Å². The van der Waals surface area contributed by atoms with Crippen LogP contribution < -0.4 is 10.2 Å². The van der Waals surface area contributed by atoms with E-state index >= 15 is 0 Å². The van der Waals surface area contributed by atoms with Gasteiger partial charge in [0.1, 0.15) is 0 Å². The van der Waals surface area contributed by atoms with E-state index in [2.05, 4.69) is 46.3 Å². The maximum atomic E-state index is 4.60. The predicted molar refractivity (Wildman–Crippen MR) is 85.6 cm³/mol. The topological polar surface area (TPSA) is 41.1 Å². The Bertz CT molecular complexity index is 502. The van der Waals surface area contributed by atoms with Crippen LogP contribution in [0.4, 0.5) is 10.3 Å². The van der Waals surface area contributed by atoms with Gasteiger partial charge < -0.3 is 10.2 Å². The second kappa shape index (κ2) is 6.86. The zero-order valence-electron chi connectivity index (χ0n) is 11.6. The van der Waals surface area contributed by atoms with Gasteiger partial charge in [-0.3, -0.25) is 0 Å². The molecule has 0 aliphatic carbocycles. The molecule has 0 bridgehead atoms. The van der Waals surface area contributed by atoms with Gasteiger partial charge in [0.25, 0.3) is 0 Å². The Morgan fingerprint density at radius 2 is 2.05 bits per heavy atom. The second-order valence-corrected chi connectivity index (χ2v) is 6.01. The van der Waals surface area contributed by atoms with Crippen LogP contribution in [0.3, 0.4) is 0 Å². The van der Waals surface area contributed by atoms with Gasteiger partial charge in [0.05, 0.1) is 10.6 Å². The maximum Gasteiger partial charge on any atom is 0.185 e. The minimum absolute atomic E-state index is 0.973. The second-order valence-electron chi connectivity index (χ2n) is 4.14. The van der Waals surface area contributed by atoms with Crippen LogP contribution in [0.15, 0.2) is 11.6 Å². The van der Waals surface area contributed by atoms with Crippen molar-refractivity contribution in [3.05, 3.63) is 11.6 Å². The highest BCUT2D eigenvalue weighted by Crippen LogP contribution is 2.32. The van der Waals surface area contributed by atoms with Gasteiger partial charge in [-0.2, -0.15) is 0 Å². The third-order valence-electron chi connectivity index (χ3n) is 2.81. The Balaban J connectivity index is 2.11. The summed E-state index contributed by atoms with van der Waals surface area (Å²) in [6.07, 6.45) is 3.04. The van der Waals surface area contributed by atoms with Gasteiger partial charge >= 0.3 is 0 Å². The van der Waals surface area contributed by atoms with E-state index in [4.69, 9.17) is 0 Å². The van der Waals surface area contributed by atoms with Crippen LogP contribution in [-0.2, 0) is 0 Å². The highest BCUT2D eigenvalue weighted by Gasteiger charge is 2.11. The molecule has 4 nitrogen and oxygen atoms in total. The van der Waals surface area contributed by atoms with E-state index in [1.807, 2.05) is 6.20 Å². The molecule has 104 valence electrons. The zero-order valence-corrected chi connectivity index (χ0v) is 13.3. The first-order valence-corrected chi connectivity index (χ1v) is 8.38. The van der Waals surface area contributed by atoms with Gasteiger partial charge in [-0.1, -0.05) is 18.3 Å². The normalized spacial score (nSPS) is 10.7. The molecule has 0 spiro atoms. The molecular weight excluding hydrogens is 276 g/mol. The van der Waals surface area contributed by atoms with Crippen molar-refractivity contribution in [3.8, 4) is 10.6 Å². The molecule has 0 fully saturated rings. The van der Waals surface area contributed by atoms with E-state index in [-0.39, 0.29) is 0 Å². The summed E-state index contributed by atoms with van der Waals surface area (Å²) in [6.45, 7) is 9.41. The molecule has 1 N–H and O–H groups in total. The van der Waals surface area contributed by atoms with Crippen LogP contribution in [0.5, 0.6) is 0 Å². The third-order valence-corrected chi connectivity index (χ3v) is 4.69. The summed E-state index contributed by atoms with van der Waals surface area (Å²) in [4.78, 5) is 12.5. The summed E-state index contributed by atoms with van der Waals surface area (Å²) in [5, 5.41) is 7.49. The lowest BCUT2D eigenvalue weighted by molar-refractivity contribution is 0.860. The Labute approximate surface area is 122 Å². The molecule has 0 aromatic carbocycles. The summed E-state index contributed by atoms with van der Waals surface area (Å²) >= 11 is 3.37. The van der Waals surface area contributed by atoms with Crippen molar-refractivity contribution in [2.45, 2.75) is 27.2 Å². The molecule has 2 aromatic heterocycles. The number of hydrogen-bond acceptors (Lipinski definition) is 6. The molecular formula is C13H20N4S2. The van der Waals surface area contributed by atoms with Crippen molar-refractivity contribution in [3.63, 3.8) is 0 Å². The highest BCUT2D eigenvalue weighted by atomic mass is 32.1. The molecule has 0 atom stereocenters. The van der Waals surface area contributed by atoms with Gasteiger partial charge in [0.2, 0.25) is 0 Å². The first-order valence-electron chi connectivity index (χ1n) is 6.69. The summed E-state index contributed by atoms with van der Waals surface area (Å²) in [5.74, 6) is 0. The number of anilines is 2. The summed E-state index contributed by atoms with van der Waals surface area (Å²) < 4.78 is 0. The Kier molecular flexibility index (Phi) is 5.15. The molecule has 2 aromatic rings. The number of thiazole rings is 2. The smallest absolute Gasteiger partial charge is 0.185 e. The van der Waals surface area contributed by atoms with Crippen molar-refractivity contribution in [1.29, 1.82) is 0 Å². The van der Waals surface area contributed by atoms with Crippen molar-refractivity contribution in [1.82, 2.24) is 9.97 Å². The molecule has 0 saturated heterocycles. The van der Waals surface area contributed by atoms with E-state index < -0.39 is 0 Å². The van der Waals surface area contributed by atoms with Gasteiger partial charge in [-0.15, -0.1) is 11.3 Å². The predicted octanol–water partition coefficient (Wildman–Crippen LogP) is 3.93. The SMILES string of the molecule is CCCNc1nc(-c2cnc(N(CC)CC)s2)cs1. The molecule has 0 aliphatic rings. The number of rotatable bonds is 7. The Morgan fingerprint density at radius 3 is 2.74 bits per heavy atom. The molecule has 6 heteroatoms. The van der Waals surface area contributed by atoms with Crippen LogP contribution in [0.25, 0.3) is 10.6 Å². The lowest BCUT2D eigenvalue weighted by Gasteiger charge is -2.16. The van der Waals surface area contributed by atoms with Crippen LogP contribution in [0.2, 0.25) is 0 Å². The van der Waals surface area contributed by atoms with Gasteiger partial charge in [-0.05, 0) is 20.3 Å². The van der Waals surface area contributed by atoms with Gasteiger partial charge in [0.15, 0.2) is 10.3 Å².